The Morgan fingerprint density at radius 3 is 3.08 bits per heavy atom. The molecular formula is C10H14N2O. The molecule has 1 aliphatic rings. The normalized spacial score (nSPS) is 22.8. The van der Waals surface area contributed by atoms with Crippen molar-refractivity contribution in [2.75, 3.05) is 13.6 Å². The van der Waals surface area contributed by atoms with Crippen molar-refractivity contribution in [3.05, 3.63) is 29.3 Å². The molecule has 0 aliphatic carbocycles. The molecule has 70 valence electrons. The minimum absolute atomic E-state index is 0.0781. The molecule has 0 fully saturated rings. The number of hydrogen-bond acceptors (Lipinski definition) is 3. The molecule has 0 radical (unpaired) electrons. The van der Waals surface area contributed by atoms with Gasteiger partial charge in [0.2, 0.25) is 0 Å². The summed E-state index contributed by atoms with van der Waals surface area (Å²) < 4.78 is 0. The first kappa shape index (κ1) is 8.53. The van der Waals surface area contributed by atoms with Gasteiger partial charge in [-0.15, -0.1) is 0 Å². The maximum Gasteiger partial charge on any atom is 0.115 e. The highest BCUT2D eigenvalue weighted by Gasteiger charge is 2.19. The second-order valence-electron chi connectivity index (χ2n) is 3.69. The van der Waals surface area contributed by atoms with Gasteiger partial charge >= 0.3 is 0 Å². The molecule has 0 spiro atoms. The smallest absolute Gasteiger partial charge is 0.115 e. The maximum absolute atomic E-state index is 9.30. The van der Waals surface area contributed by atoms with Crippen molar-refractivity contribution in [1.82, 2.24) is 4.90 Å². The van der Waals surface area contributed by atoms with Crippen molar-refractivity contribution in [3.63, 3.8) is 0 Å². The first-order chi connectivity index (χ1) is 6.16. The topological polar surface area (TPSA) is 49.5 Å². The number of nitrogens with zero attached hydrogens (tertiary/aromatic N) is 1. The molecule has 13 heavy (non-hydrogen) atoms. The highest BCUT2D eigenvalue weighted by Crippen LogP contribution is 2.26. The fraction of sp³-hybridized carbons (Fsp3) is 0.400. The zero-order valence-electron chi connectivity index (χ0n) is 7.70. The standard InChI is InChI=1S/C10H14N2O/c1-12-5-7-4-8(13)2-3-9(7)10(11)6-12/h2-4,10,13H,5-6,11H2,1H3. The van der Waals surface area contributed by atoms with Gasteiger partial charge in [0.25, 0.3) is 0 Å². The molecule has 0 saturated carbocycles. The average molecular weight is 178 g/mol. The van der Waals surface area contributed by atoms with E-state index in [1.165, 1.54) is 0 Å². The number of rotatable bonds is 0. The minimum atomic E-state index is 0.0781. The molecule has 0 bridgehead atoms. The number of phenols is 1. The van der Waals surface area contributed by atoms with Crippen LogP contribution in [0.2, 0.25) is 0 Å². The number of phenolic OH excluding ortho intramolecular Hbond substituents is 1. The molecule has 0 amide bonds. The Morgan fingerprint density at radius 1 is 1.54 bits per heavy atom. The van der Waals surface area contributed by atoms with E-state index in [0.29, 0.717) is 5.75 Å². The van der Waals surface area contributed by atoms with E-state index in [2.05, 4.69) is 4.90 Å². The van der Waals surface area contributed by atoms with E-state index in [0.717, 1.165) is 24.2 Å². The summed E-state index contributed by atoms with van der Waals surface area (Å²) in [6, 6.07) is 5.49. The molecule has 0 aromatic heterocycles. The minimum Gasteiger partial charge on any atom is -0.508 e. The first-order valence-electron chi connectivity index (χ1n) is 4.43. The molecule has 1 heterocycles. The predicted molar refractivity (Wildman–Crippen MR) is 51.4 cm³/mol. The van der Waals surface area contributed by atoms with Crippen LogP contribution >= 0.6 is 0 Å². The first-order valence-corrected chi connectivity index (χ1v) is 4.43. The molecule has 3 N–H and O–H groups in total. The predicted octanol–water partition coefficient (Wildman–Crippen LogP) is 0.837. The lowest BCUT2D eigenvalue weighted by Gasteiger charge is -2.29. The molecular weight excluding hydrogens is 164 g/mol. The van der Waals surface area contributed by atoms with Crippen LogP contribution in [-0.2, 0) is 6.54 Å². The molecule has 1 atom stereocenters. The van der Waals surface area contributed by atoms with Gasteiger partial charge in [0.05, 0.1) is 0 Å². The SMILES string of the molecule is CN1Cc2cc(O)ccc2C(N)C1. The largest absolute Gasteiger partial charge is 0.508 e. The van der Waals surface area contributed by atoms with E-state index in [1.807, 2.05) is 13.1 Å². The summed E-state index contributed by atoms with van der Waals surface area (Å²) in [7, 11) is 2.03. The van der Waals surface area contributed by atoms with Crippen LogP contribution in [0.1, 0.15) is 17.2 Å². The third-order valence-electron chi connectivity index (χ3n) is 2.47. The molecule has 2 rings (SSSR count). The van der Waals surface area contributed by atoms with Gasteiger partial charge in [0.15, 0.2) is 0 Å². The average Bonchev–Trinajstić information content (AvgIpc) is 2.02. The van der Waals surface area contributed by atoms with E-state index in [1.54, 1.807) is 12.1 Å². The van der Waals surface area contributed by atoms with Crippen LogP contribution in [0, 0.1) is 0 Å². The van der Waals surface area contributed by atoms with Crippen molar-refractivity contribution >= 4 is 0 Å². The Bertz CT molecular complexity index is 325. The number of nitrogens with two attached hydrogens (primary N) is 1. The summed E-state index contributed by atoms with van der Waals surface area (Å²) in [5.41, 5.74) is 8.27. The summed E-state index contributed by atoms with van der Waals surface area (Å²) in [6.07, 6.45) is 0. The quantitative estimate of drug-likeness (QED) is 0.619. The third-order valence-corrected chi connectivity index (χ3v) is 2.47. The number of aromatic hydroxyl groups is 1. The number of hydrogen-bond donors (Lipinski definition) is 2. The van der Waals surface area contributed by atoms with Crippen molar-refractivity contribution in [2.24, 2.45) is 5.73 Å². The summed E-state index contributed by atoms with van der Waals surface area (Å²) >= 11 is 0. The molecule has 3 nitrogen and oxygen atoms in total. The van der Waals surface area contributed by atoms with Gasteiger partial charge in [-0.1, -0.05) is 6.07 Å². The number of fused-ring (bicyclic) bond motifs is 1. The highest BCUT2D eigenvalue weighted by atomic mass is 16.3. The van der Waals surface area contributed by atoms with Gasteiger partial charge in [0.1, 0.15) is 5.75 Å². The zero-order chi connectivity index (χ0) is 9.42. The number of benzene rings is 1. The van der Waals surface area contributed by atoms with Gasteiger partial charge in [-0.2, -0.15) is 0 Å². The maximum atomic E-state index is 9.30. The molecule has 1 aliphatic heterocycles. The summed E-state index contributed by atoms with van der Waals surface area (Å²) in [5.74, 6) is 0.321. The Hall–Kier alpha value is -1.06. The molecule has 1 aromatic carbocycles. The highest BCUT2D eigenvalue weighted by molar-refractivity contribution is 5.38. The van der Waals surface area contributed by atoms with Crippen LogP contribution in [0.3, 0.4) is 0 Å². The van der Waals surface area contributed by atoms with Crippen LogP contribution in [0.4, 0.5) is 0 Å². The summed E-state index contributed by atoms with van der Waals surface area (Å²) in [4.78, 5) is 2.16. The van der Waals surface area contributed by atoms with E-state index in [-0.39, 0.29) is 6.04 Å². The van der Waals surface area contributed by atoms with Crippen molar-refractivity contribution in [2.45, 2.75) is 12.6 Å². The molecule has 1 aromatic rings. The molecule has 0 saturated heterocycles. The van der Waals surface area contributed by atoms with Gasteiger partial charge in [-0.05, 0) is 30.3 Å². The monoisotopic (exact) mass is 178 g/mol. The van der Waals surface area contributed by atoms with Crippen LogP contribution in [0.25, 0.3) is 0 Å². The third kappa shape index (κ3) is 1.53. The van der Waals surface area contributed by atoms with E-state index < -0.39 is 0 Å². The zero-order valence-corrected chi connectivity index (χ0v) is 7.70. The lowest BCUT2D eigenvalue weighted by atomic mass is 9.96. The Morgan fingerprint density at radius 2 is 2.31 bits per heavy atom. The van der Waals surface area contributed by atoms with Crippen LogP contribution in [0.5, 0.6) is 5.75 Å². The van der Waals surface area contributed by atoms with Gasteiger partial charge < -0.3 is 15.7 Å². The fourth-order valence-electron chi connectivity index (χ4n) is 1.88. The van der Waals surface area contributed by atoms with Crippen LogP contribution in [-0.4, -0.2) is 23.6 Å². The van der Waals surface area contributed by atoms with Gasteiger partial charge in [-0.3, -0.25) is 0 Å². The van der Waals surface area contributed by atoms with Gasteiger partial charge in [0, 0.05) is 19.1 Å². The summed E-state index contributed by atoms with van der Waals surface area (Å²) in [6.45, 7) is 1.76. The van der Waals surface area contributed by atoms with Crippen molar-refractivity contribution < 1.29 is 5.11 Å². The molecule has 3 heteroatoms. The van der Waals surface area contributed by atoms with Crippen molar-refractivity contribution in [3.8, 4) is 5.75 Å². The number of likely N-dealkylation sites (N-methyl/N-ethyl adjacent to an activating group) is 1. The second kappa shape index (κ2) is 3.01. The Labute approximate surface area is 77.8 Å². The van der Waals surface area contributed by atoms with E-state index >= 15 is 0 Å². The van der Waals surface area contributed by atoms with Crippen LogP contribution in [0.15, 0.2) is 18.2 Å². The van der Waals surface area contributed by atoms with Crippen LogP contribution < -0.4 is 5.73 Å². The van der Waals surface area contributed by atoms with Gasteiger partial charge in [-0.25, -0.2) is 0 Å². The summed E-state index contributed by atoms with van der Waals surface area (Å²) in [5, 5.41) is 9.30. The van der Waals surface area contributed by atoms with E-state index in [4.69, 9.17) is 5.73 Å². The Balaban J connectivity index is 2.43. The van der Waals surface area contributed by atoms with E-state index in [9.17, 15) is 5.11 Å². The fourth-order valence-corrected chi connectivity index (χ4v) is 1.88. The molecule has 1 unspecified atom stereocenters. The van der Waals surface area contributed by atoms with Crippen molar-refractivity contribution in [1.29, 1.82) is 0 Å². The lowest BCUT2D eigenvalue weighted by Crippen LogP contribution is -2.34. The Kier molecular flexibility index (Phi) is 1.98. The lowest BCUT2D eigenvalue weighted by molar-refractivity contribution is 0.282. The second-order valence-corrected chi connectivity index (χ2v) is 3.69.